The maximum Gasteiger partial charge on any atom is 0.251 e. The summed E-state index contributed by atoms with van der Waals surface area (Å²) in [6.45, 7) is 2.76. The Morgan fingerprint density at radius 3 is 2.85 bits per heavy atom. The van der Waals surface area contributed by atoms with Crippen molar-refractivity contribution < 1.29 is 9.59 Å². The first-order chi connectivity index (χ1) is 9.61. The van der Waals surface area contributed by atoms with Crippen molar-refractivity contribution in [3.8, 4) is 0 Å². The van der Waals surface area contributed by atoms with E-state index in [1.807, 2.05) is 13.0 Å². The molecule has 0 saturated carbocycles. The van der Waals surface area contributed by atoms with E-state index >= 15 is 0 Å². The number of thioether (sulfide) groups is 1. The van der Waals surface area contributed by atoms with Crippen molar-refractivity contribution in [3.63, 3.8) is 0 Å². The highest BCUT2D eigenvalue weighted by molar-refractivity contribution is 7.99. The molecule has 0 aromatic heterocycles. The average molecular weight is 293 g/mol. The summed E-state index contributed by atoms with van der Waals surface area (Å²) in [6.07, 6.45) is 0. The van der Waals surface area contributed by atoms with Crippen LogP contribution in [0.25, 0.3) is 0 Å². The molecule has 1 unspecified atom stereocenters. The van der Waals surface area contributed by atoms with Crippen molar-refractivity contribution >= 4 is 29.3 Å². The Hall–Kier alpha value is -1.53. The van der Waals surface area contributed by atoms with Crippen molar-refractivity contribution in [1.29, 1.82) is 0 Å². The standard InChI is InChI=1S/C14H19N3O2S/c1-9-3-4-10(13(18)15-2)7-11(9)17-14(19)12-8-20-6-5-16-12/h3-4,7,12,16H,5-6,8H2,1-2H3,(H,15,18)(H,17,19). The first kappa shape index (κ1) is 14.9. The molecule has 1 fully saturated rings. The lowest BCUT2D eigenvalue weighted by molar-refractivity contribution is -0.117. The number of rotatable bonds is 3. The van der Waals surface area contributed by atoms with Crippen molar-refractivity contribution in [1.82, 2.24) is 10.6 Å². The number of carbonyl (C=O) groups is 2. The van der Waals surface area contributed by atoms with Crippen molar-refractivity contribution in [2.24, 2.45) is 0 Å². The van der Waals surface area contributed by atoms with Crippen LogP contribution in [-0.4, -0.2) is 43.0 Å². The fourth-order valence-electron chi connectivity index (χ4n) is 2.00. The predicted molar refractivity (Wildman–Crippen MR) is 82.3 cm³/mol. The molecular formula is C14H19N3O2S. The number of carbonyl (C=O) groups excluding carboxylic acids is 2. The zero-order valence-electron chi connectivity index (χ0n) is 11.7. The summed E-state index contributed by atoms with van der Waals surface area (Å²) in [5, 5.41) is 8.68. The molecule has 1 aliphatic heterocycles. The van der Waals surface area contributed by atoms with Gasteiger partial charge in [-0.15, -0.1) is 0 Å². The smallest absolute Gasteiger partial charge is 0.251 e. The van der Waals surface area contributed by atoms with E-state index < -0.39 is 0 Å². The van der Waals surface area contributed by atoms with Crippen LogP contribution >= 0.6 is 11.8 Å². The molecule has 108 valence electrons. The maximum absolute atomic E-state index is 12.2. The van der Waals surface area contributed by atoms with Gasteiger partial charge in [0.05, 0.1) is 6.04 Å². The van der Waals surface area contributed by atoms with Gasteiger partial charge in [0.2, 0.25) is 5.91 Å². The second-order valence-corrected chi connectivity index (χ2v) is 5.83. The summed E-state index contributed by atoms with van der Waals surface area (Å²) in [5.41, 5.74) is 2.17. The van der Waals surface area contributed by atoms with E-state index in [0.29, 0.717) is 11.3 Å². The van der Waals surface area contributed by atoms with Gasteiger partial charge in [-0.2, -0.15) is 11.8 Å². The number of nitrogens with one attached hydrogen (secondary N) is 3. The SMILES string of the molecule is CNC(=O)c1ccc(C)c(NC(=O)C2CSCCN2)c1. The van der Waals surface area contributed by atoms with Gasteiger partial charge in [0.1, 0.15) is 0 Å². The van der Waals surface area contributed by atoms with E-state index in [1.54, 1.807) is 30.9 Å². The number of benzene rings is 1. The highest BCUT2D eigenvalue weighted by Gasteiger charge is 2.21. The topological polar surface area (TPSA) is 70.2 Å². The maximum atomic E-state index is 12.2. The Kier molecular flexibility index (Phi) is 5.03. The van der Waals surface area contributed by atoms with Gasteiger partial charge in [0, 0.05) is 36.3 Å². The quantitative estimate of drug-likeness (QED) is 0.777. The molecule has 1 heterocycles. The predicted octanol–water partition coefficient (Wildman–Crippen LogP) is 0.998. The molecule has 1 aromatic rings. The molecule has 0 spiro atoms. The van der Waals surface area contributed by atoms with Crippen LogP contribution in [-0.2, 0) is 4.79 Å². The van der Waals surface area contributed by atoms with Gasteiger partial charge in [0.15, 0.2) is 0 Å². The van der Waals surface area contributed by atoms with Gasteiger partial charge >= 0.3 is 0 Å². The molecule has 20 heavy (non-hydrogen) atoms. The minimum Gasteiger partial charge on any atom is -0.355 e. The third kappa shape index (κ3) is 3.52. The highest BCUT2D eigenvalue weighted by atomic mass is 32.2. The van der Waals surface area contributed by atoms with E-state index in [1.165, 1.54) is 0 Å². The molecule has 1 aromatic carbocycles. The van der Waals surface area contributed by atoms with Crippen LogP contribution in [0.15, 0.2) is 18.2 Å². The minimum atomic E-state index is -0.170. The first-order valence-corrected chi connectivity index (χ1v) is 7.72. The van der Waals surface area contributed by atoms with E-state index in [0.717, 1.165) is 23.6 Å². The van der Waals surface area contributed by atoms with Crippen LogP contribution in [0.3, 0.4) is 0 Å². The Morgan fingerprint density at radius 2 is 2.20 bits per heavy atom. The third-order valence-electron chi connectivity index (χ3n) is 3.22. The van der Waals surface area contributed by atoms with E-state index in [-0.39, 0.29) is 17.9 Å². The number of anilines is 1. The normalized spacial score (nSPS) is 18.4. The number of aryl methyl sites for hydroxylation is 1. The van der Waals surface area contributed by atoms with Crippen molar-refractivity contribution in [3.05, 3.63) is 29.3 Å². The largest absolute Gasteiger partial charge is 0.355 e. The summed E-state index contributed by atoms with van der Waals surface area (Å²) in [4.78, 5) is 23.8. The summed E-state index contributed by atoms with van der Waals surface area (Å²) >= 11 is 1.77. The minimum absolute atomic E-state index is 0.0469. The Balaban J connectivity index is 2.11. The molecule has 1 aliphatic rings. The zero-order valence-corrected chi connectivity index (χ0v) is 12.5. The molecule has 0 aliphatic carbocycles. The molecular weight excluding hydrogens is 274 g/mol. The Labute approximate surface area is 122 Å². The highest BCUT2D eigenvalue weighted by Crippen LogP contribution is 2.18. The second-order valence-electron chi connectivity index (χ2n) is 4.68. The summed E-state index contributed by atoms with van der Waals surface area (Å²) < 4.78 is 0. The molecule has 2 amide bonds. The van der Waals surface area contributed by atoms with E-state index in [9.17, 15) is 9.59 Å². The van der Waals surface area contributed by atoms with Crippen molar-refractivity contribution in [2.45, 2.75) is 13.0 Å². The number of hydrogen-bond donors (Lipinski definition) is 3. The van der Waals surface area contributed by atoms with Crippen LogP contribution in [0.2, 0.25) is 0 Å². The number of amides is 2. The van der Waals surface area contributed by atoms with Gasteiger partial charge in [-0.25, -0.2) is 0 Å². The fraction of sp³-hybridized carbons (Fsp3) is 0.429. The van der Waals surface area contributed by atoms with Gasteiger partial charge in [-0.3, -0.25) is 9.59 Å². The molecule has 0 radical (unpaired) electrons. The van der Waals surface area contributed by atoms with Gasteiger partial charge in [-0.05, 0) is 24.6 Å². The fourth-order valence-corrected chi connectivity index (χ4v) is 2.93. The van der Waals surface area contributed by atoms with Crippen LogP contribution < -0.4 is 16.0 Å². The van der Waals surface area contributed by atoms with Crippen LogP contribution in [0, 0.1) is 6.92 Å². The molecule has 5 nitrogen and oxygen atoms in total. The van der Waals surface area contributed by atoms with E-state index in [4.69, 9.17) is 0 Å². The molecule has 1 saturated heterocycles. The summed E-state index contributed by atoms with van der Waals surface area (Å²) in [6, 6.07) is 5.13. The zero-order chi connectivity index (χ0) is 14.5. The number of hydrogen-bond acceptors (Lipinski definition) is 4. The van der Waals surface area contributed by atoms with Crippen LogP contribution in [0.1, 0.15) is 15.9 Å². The molecule has 2 rings (SSSR count). The second kappa shape index (κ2) is 6.76. The molecule has 0 bridgehead atoms. The third-order valence-corrected chi connectivity index (χ3v) is 4.28. The first-order valence-electron chi connectivity index (χ1n) is 6.56. The lowest BCUT2D eigenvalue weighted by Gasteiger charge is -2.22. The Bertz CT molecular complexity index is 513. The Morgan fingerprint density at radius 1 is 1.40 bits per heavy atom. The molecule has 3 N–H and O–H groups in total. The van der Waals surface area contributed by atoms with Gasteiger partial charge < -0.3 is 16.0 Å². The monoisotopic (exact) mass is 293 g/mol. The molecule has 6 heteroatoms. The summed E-state index contributed by atoms with van der Waals surface area (Å²) in [7, 11) is 1.59. The van der Waals surface area contributed by atoms with Crippen LogP contribution in [0.5, 0.6) is 0 Å². The van der Waals surface area contributed by atoms with Crippen molar-refractivity contribution in [2.75, 3.05) is 30.4 Å². The average Bonchev–Trinajstić information content (AvgIpc) is 2.49. The van der Waals surface area contributed by atoms with E-state index in [2.05, 4.69) is 16.0 Å². The molecule has 1 atom stereocenters. The van der Waals surface area contributed by atoms with Gasteiger partial charge in [0.25, 0.3) is 5.91 Å². The van der Waals surface area contributed by atoms with Gasteiger partial charge in [-0.1, -0.05) is 6.07 Å². The van der Waals surface area contributed by atoms with Crippen LogP contribution in [0.4, 0.5) is 5.69 Å². The summed E-state index contributed by atoms with van der Waals surface area (Å²) in [5.74, 6) is 1.61. The lowest BCUT2D eigenvalue weighted by Crippen LogP contribution is -2.46. The lowest BCUT2D eigenvalue weighted by atomic mass is 10.1.